The van der Waals surface area contributed by atoms with Crippen molar-refractivity contribution in [3.63, 3.8) is 0 Å². The van der Waals surface area contributed by atoms with Gasteiger partial charge < -0.3 is 9.84 Å². The highest BCUT2D eigenvalue weighted by Gasteiger charge is 2.11. The molecular weight excluding hydrogens is 294 g/mol. The first-order valence-corrected chi connectivity index (χ1v) is 8.24. The molecule has 0 aliphatic rings. The van der Waals surface area contributed by atoms with Gasteiger partial charge in [0.05, 0.1) is 6.54 Å². The second kappa shape index (κ2) is 6.85. The molecule has 3 aromatic rings. The lowest BCUT2D eigenvalue weighted by atomic mass is 10.1. The summed E-state index contributed by atoms with van der Waals surface area (Å²) in [5.74, 6) is 1.28. The van der Waals surface area contributed by atoms with Gasteiger partial charge in [-0.05, 0) is 37.3 Å². The van der Waals surface area contributed by atoms with Crippen LogP contribution in [0.5, 0.6) is 0 Å². The van der Waals surface area contributed by atoms with E-state index in [1.54, 1.807) is 11.3 Å². The number of hydrogen-bond donors (Lipinski definition) is 1. The van der Waals surface area contributed by atoms with Crippen LogP contribution in [0, 0.1) is 6.92 Å². The lowest BCUT2D eigenvalue weighted by molar-refractivity contribution is 0.359. The predicted molar refractivity (Wildman–Crippen MR) is 88.8 cm³/mol. The maximum atomic E-state index is 5.34. The Morgan fingerprint density at radius 2 is 2.09 bits per heavy atom. The van der Waals surface area contributed by atoms with E-state index in [0.29, 0.717) is 24.3 Å². The molecule has 0 aliphatic carbocycles. The van der Waals surface area contributed by atoms with E-state index in [2.05, 4.69) is 39.9 Å². The third-order valence-corrected chi connectivity index (χ3v) is 4.44. The molecule has 0 saturated heterocycles. The molecule has 1 aromatic carbocycles. The maximum Gasteiger partial charge on any atom is 0.240 e. The molecule has 1 atom stereocenters. The van der Waals surface area contributed by atoms with Crippen LogP contribution >= 0.6 is 11.3 Å². The van der Waals surface area contributed by atoms with E-state index in [4.69, 9.17) is 4.52 Å². The summed E-state index contributed by atoms with van der Waals surface area (Å²) in [5.41, 5.74) is 2.16. The molecular formula is C17H19N3OS. The van der Waals surface area contributed by atoms with Gasteiger partial charge in [-0.15, -0.1) is 11.3 Å². The van der Waals surface area contributed by atoms with Crippen molar-refractivity contribution in [2.45, 2.75) is 32.9 Å². The Morgan fingerprint density at radius 1 is 1.23 bits per heavy atom. The lowest BCUT2D eigenvalue weighted by Crippen LogP contribution is -2.27. The van der Waals surface area contributed by atoms with Gasteiger partial charge in [0.25, 0.3) is 0 Å². The van der Waals surface area contributed by atoms with Gasteiger partial charge in [0, 0.05) is 16.5 Å². The molecule has 0 amide bonds. The fourth-order valence-corrected chi connectivity index (χ4v) is 3.16. The Kier molecular flexibility index (Phi) is 4.65. The molecule has 0 aliphatic heterocycles. The first-order valence-electron chi connectivity index (χ1n) is 7.36. The van der Waals surface area contributed by atoms with Crippen LogP contribution in [0.4, 0.5) is 0 Å². The molecule has 1 N–H and O–H groups in total. The number of thiophene rings is 1. The summed E-state index contributed by atoms with van der Waals surface area (Å²) >= 11 is 1.78. The van der Waals surface area contributed by atoms with Crippen molar-refractivity contribution in [1.29, 1.82) is 0 Å². The molecule has 114 valence electrons. The Balaban J connectivity index is 1.59. The summed E-state index contributed by atoms with van der Waals surface area (Å²) in [7, 11) is 0. The van der Waals surface area contributed by atoms with Crippen LogP contribution < -0.4 is 5.32 Å². The molecule has 5 heteroatoms. The molecule has 4 nitrogen and oxygen atoms in total. The smallest absolute Gasteiger partial charge is 0.240 e. The van der Waals surface area contributed by atoms with Crippen LogP contribution in [0.1, 0.15) is 23.3 Å². The minimum absolute atomic E-state index is 0.368. The Labute approximate surface area is 134 Å². The predicted octanol–water partition coefficient (Wildman–Crippen LogP) is 3.83. The van der Waals surface area contributed by atoms with Crippen LogP contribution in [-0.4, -0.2) is 16.2 Å². The molecule has 0 spiro atoms. The highest BCUT2D eigenvalue weighted by atomic mass is 32.1. The number of hydrogen-bond acceptors (Lipinski definition) is 5. The summed E-state index contributed by atoms with van der Waals surface area (Å²) in [6.45, 7) is 4.80. The molecule has 0 fully saturated rings. The molecule has 0 unspecified atom stereocenters. The number of nitrogens with zero attached hydrogens (tertiary/aromatic N) is 2. The largest absolute Gasteiger partial charge is 0.338 e. The number of benzene rings is 1. The van der Waals surface area contributed by atoms with E-state index in [1.807, 2.05) is 31.2 Å². The fraction of sp³-hybridized carbons (Fsp3) is 0.294. The van der Waals surface area contributed by atoms with E-state index in [0.717, 1.165) is 17.5 Å². The van der Waals surface area contributed by atoms with Crippen LogP contribution in [0.15, 0.2) is 46.3 Å². The number of aromatic nitrogens is 2. The fourth-order valence-electron chi connectivity index (χ4n) is 2.32. The van der Waals surface area contributed by atoms with Gasteiger partial charge in [-0.25, -0.2) is 0 Å². The van der Waals surface area contributed by atoms with Gasteiger partial charge in [-0.3, -0.25) is 0 Å². The van der Waals surface area contributed by atoms with Gasteiger partial charge in [0.1, 0.15) is 0 Å². The van der Waals surface area contributed by atoms with E-state index < -0.39 is 0 Å². The van der Waals surface area contributed by atoms with Crippen LogP contribution in [0.3, 0.4) is 0 Å². The number of nitrogens with one attached hydrogen (secondary N) is 1. The summed E-state index contributed by atoms with van der Waals surface area (Å²) in [5, 5.41) is 9.61. The average Bonchev–Trinajstić information content (AvgIpc) is 3.17. The molecule has 2 heterocycles. The Morgan fingerprint density at radius 3 is 2.86 bits per heavy atom. The number of aryl methyl sites for hydroxylation is 1. The molecule has 2 aromatic heterocycles. The molecule has 3 rings (SSSR count). The third kappa shape index (κ3) is 3.61. The topological polar surface area (TPSA) is 51.0 Å². The zero-order valence-electron chi connectivity index (χ0n) is 12.7. The Bertz CT molecular complexity index is 721. The van der Waals surface area contributed by atoms with Crippen LogP contribution in [0.25, 0.3) is 11.4 Å². The summed E-state index contributed by atoms with van der Waals surface area (Å²) in [6, 6.07) is 12.7. The molecule has 22 heavy (non-hydrogen) atoms. The highest BCUT2D eigenvalue weighted by molar-refractivity contribution is 7.09. The zero-order chi connectivity index (χ0) is 15.4. The van der Waals surface area contributed by atoms with Crippen LogP contribution in [-0.2, 0) is 13.0 Å². The normalized spacial score (nSPS) is 12.5. The summed E-state index contributed by atoms with van der Waals surface area (Å²) < 4.78 is 5.34. The second-order valence-corrected chi connectivity index (χ2v) is 6.42. The minimum atomic E-state index is 0.368. The zero-order valence-corrected chi connectivity index (χ0v) is 13.6. The first-order chi connectivity index (χ1) is 10.7. The number of rotatable bonds is 6. The molecule has 0 radical (unpaired) electrons. The first kappa shape index (κ1) is 14.9. The summed E-state index contributed by atoms with van der Waals surface area (Å²) in [6.07, 6.45) is 1.01. The van der Waals surface area contributed by atoms with Gasteiger partial charge in [0.2, 0.25) is 11.7 Å². The van der Waals surface area contributed by atoms with Crippen LogP contribution in [0.2, 0.25) is 0 Å². The molecule has 0 saturated carbocycles. The molecule has 0 bridgehead atoms. The van der Waals surface area contributed by atoms with Crippen molar-refractivity contribution >= 4 is 11.3 Å². The SMILES string of the molecule is Cc1ccccc1-c1noc(CN[C@@H](C)Cc2cccs2)n1. The van der Waals surface area contributed by atoms with Gasteiger partial charge in [0.15, 0.2) is 0 Å². The van der Waals surface area contributed by atoms with Crippen molar-refractivity contribution in [2.75, 3.05) is 0 Å². The van der Waals surface area contributed by atoms with Gasteiger partial charge in [-0.2, -0.15) is 4.98 Å². The van der Waals surface area contributed by atoms with Crippen molar-refractivity contribution < 1.29 is 4.52 Å². The monoisotopic (exact) mass is 313 g/mol. The van der Waals surface area contributed by atoms with Crippen molar-refractivity contribution in [2.24, 2.45) is 0 Å². The van der Waals surface area contributed by atoms with Gasteiger partial charge >= 0.3 is 0 Å². The standard InChI is InChI=1S/C17H19N3OS/c1-12-6-3-4-8-15(12)17-19-16(21-20-17)11-18-13(2)10-14-7-5-9-22-14/h3-9,13,18H,10-11H2,1-2H3/t13-/m0/s1. The quantitative estimate of drug-likeness (QED) is 0.751. The lowest BCUT2D eigenvalue weighted by Gasteiger charge is -2.10. The third-order valence-electron chi connectivity index (χ3n) is 3.54. The highest BCUT2D eigenvalue weighted by Crippen LogP contribution is 2.19. The van der Waals surface area contributed by atoms with Crippen molar-refractivity contribution in [1.82, 2.24) is 15.5 Å². The maximum absolute atomic E-state index is 5.34. The van der Waals surface area contributed by atoms with E-state index in [9.17, 15) is 0 Å². The average molecular weight is 313 g/mol. The van der Waals surface area contributed by atoms with Gasteiger partial charge in [-0.1, -0.05) is 35.5 Å². The van der Waals surface area contributed by atoms with E-state index in [-0.39, 0.29) is 0 Å². The second-order valence-electron chi connectivity index (χ2n) is 5.39. The van der Waals surface area contributed by atoms with Crippen molar-refractivity contribution in [3.8, 4) is 11.4 Å². The van der Waals surface area contributed by atoms with Crippen molar-refractivity contribution in [3.05, 3.63) is 58.1 Å². The Hall–Kier alpha value is -1.98. The van der Waals surface area contributed by atoms with E-state index >= 15 is 0 Å². The minimum Gasteiger partial charge on any atom is -0.338 e. The summed E-state index contributed by atoms with van der Waals surface area (Å²) in [4.78, 5) is 5.85. The van der Waals surface area contributed by atoms with E-state index in [1.165, 1.54) is 4.88 Å².